The average Bonchev–Trinajstić information content (AvgIpc) is 2.63. The number of rotatable bonds is 4. The molecule has 0 radical (unpaired) electrons. The van der Waals surface area contributed by atoms with Gasteiger partial charge >= 0.3 is 6.03 Å². The first-order valence-electron chi connectivity index (χ1n) is 8.53. The fourth-order valence-electron chi connectivity index (χ4n) is 2.94. The Morgan fingerprint density at radius 1 is 1.20 bits per heavy atom. The number of amides is 2. The molecular weight excluding hydrogens is 334 g/mol. The first-order chi connectivity index (χ1) is 12.1. The summed E-state index contributed by atoms with van der Waals surface area (Å²) in [4.78, 5) is 18.9. The molecule has 6 heteroatoms. The van der Waals surface area contributed by atoms with E-state index in [9.17, 15) is 9.35 Å². The first-order valence-corrected chi connectivity index (χ1v) is 9.85. The highest BCUT2D eigenvalue weighted by molar-refractivity contribution is 7.91. The second kappa shape index (κ2) is 8.36. The molecular formula is C19H23N3O2S. The molecule has 2 amide bonds. The summed E-state index contributed by atoms with van der Waals surface area (Å²) >= 11 is -0.969. The highest BCUT2D eigenvalue weighted by atomic mass is 32.2. The molecule has 132 valence electrons. The molecule has 1 unspecified atom stereocenters. The quantitative estimate of drug-likeness (QED) is 0.852. The Balaban J connectivity index is 1.46. The summed E-state index contributed by atoms with van der Waals surface area (Å²) in [6, 6.07) is 11.4. The normalized spacial score (nSPS) is 16.5. The van der Waals surface area contributed by atoms with Gasteiger partial charge in [0.1, 0.15) is 5.75 Å². The molecule has 1 atom stereocenters. The minimum Gasteiger partial charge on any atom is -0.611 e. The SMILES string of the molecule is Cc1ccc([S+]([O-])CC2CCN(C(=O)Nc3ccncc3)CC2)cc1. The Hall–Kier alpha value is -2.05. The third-order valence-electron chi connectivity index (χ3n) is 4.50. The molecule has 1 aromatic heterocycles. The number of aryl methyl sites for hydroxylation is 1. The van der Waals surface area contributed by atoms with Crippen molar-refractivity contribution in [3.63, 3.8) is 0 Å². The molecule has 1 aliphatic rings. The fraction of sp³-hybridized carbons (Fsp3) is 0.368. The summed E-state index contributed by atoms with van der Waals surface area (Å²) < 4.78 is 12.5. The van der Waals surface area contributed by atoms with Crippen LogP contribution in [0.2, 0.25) is 0 Å². The van der Waals surface area contributed by atoms with Gasteiger partial charge in [0.25, 0.3) is 0 Å². The third kappa shape index (κ3) is 4.96. The number of piperidine rings is 1. The molecule has 1 fully saturated rings. The number of pyridine rings is 1. The highest BCUT2D eigenvalue weighted by Gasteiger charge is 2.26. The zero-order chi connectivity index (χ0) is 17.6. The van der Waals surface area contributed by atoms with Gasteiger partial charge in [-0.2, -0.15) is 0 Å². The lowest BCUT2D eigenvalue weighted by Gasteiger charge is -2.32. The van der Waals surface area contributed by atoms with Crippen LogP contribution in [-0.4, -0.2) is 39.3 Å². The van der Waals surface area contributed by atoms with Crippen molar-refractivity contribution in [2.45, 2.75) is 24.7 Å². The monoisotopic (exact) mass is 357 g/mol. The maximum Gasteiger partial charge on any atom is 0.321 e. The van der Waals surface area contributed by atoms with Gasteiger partial charge < -0.3 is 14.8 Å². The molecule has 3 rings (SSSR count). The molecule has 0 bridgehead atoms. The van der Waals surface area contributed by atoms with Gasteiger partial charge in [0.15, 0.2) is 4.90 Å². The van der Waals surface area contributed by atoms with Crippen LogP contribution in [-0.2, 0) is 11.2 Å². The van der Waals surface area contributed by atoms with Gasteiger partial charge in [-0.1, -0.05) is 17.7 Å². The van der Waals surface area contributed by atoms with E-state index in [-0.39, 0.29) is 6.03 Å². The number of urea groups is 1. The number of hydrogen-bond donors (Lipinski definition) is 1. The standard InChI is InChI=1S/C19H23N3O2S/c1-15-2-4-18(5-3-15)25(24)14-16-8-12-22(13-9-16)19(23)21-17-6-10-20-11-7-17/h2-7,10-11,16H,8-9,12-14H2,1H3,(H,20,21,23). The van der Waals surface area contributed by atoms with Crippen LogP contribution in [0.3, 0.4) is 0 Å². The van der Waals surface area contributed by atoms with Crippen molar-refractivity contribution in [2.75, 3.05) is 24.2 Å². The Morgan fingerprint density at radius 3 is 2.48 bits per heavy atom. The van der Waals surface area contributed by atoms with E-state index < -0.39 is 11.2 Å². The maximum atomic E-state index is 12.5. The summed E-state index contributed by atoms with van der Waals surface area (Å²) in [7, 11) is 0. The number of aromatic nitrogens is 1. The van der Waals surface area contributed by atoms with Gasteiger partial charge in [0, 0.05) is 37.1 Å². The summed E-state index contributed by atoms with van der Waals surface area (Å²) in [5, 5.41) is 2.89. The first kappa shape index (κ1) is 17.8. The van der Waals surface area contributed by atoms with Crippen molar-refractivity contribution in [1.29, 1.82) is 0 Å². The number of nitrogens with one attached hydrogen (secondary N) is 1. The van der Waals surface area contributed by atoms with E-state index in [2.05, 4.69) is 10.3 Å². The lowest BCUT2D eigenvalue weighted by atomic mass is 9.99. The van der Waals surface area contributed by atoms with E-state index in [0.717, 1.165) is 23.4 Å². The van der Waals surface area contributed by atoms with Crippen molar-refractivity contribution in [1.82, 2.24) is 9.88 Å². The molecule has 5 nitrogen and oxygen atoms in total. The van der Waals surface area contributed by atoms with E-state index >= 15 is 0 Å². The maximum absolute atomic E-state index is 12.5. The summed E-state index contributed by atoms with van der Waals surface area (Å²) in [5.41, 5.74) is 1.93. The number of carbonyl (C=O) groups excluding carboxylic acids is 1. The average molecular weight is 357 g/mol. The van der Waals surface area contributed by atoms with Gasteiger partial charge in [0.2, 0.25) is 0 Å². The predicted octanol–water partition coefficient (Wildman–Crippen LogP) is 3.44. The molecule has 2 aromatic rings. The molecule has 1 N–H and O–H groups in total. The molecule has 0 spiro atoms. The number of carbonyl (C=O) groups is 1. The van der Waals surface area contributed by atoms with Gasteiger partial charge in [-0.05, 0) is 55.2 Å². The number of benzene rings is 1. The van der Waals surface area contributed by atoms with Crippen LogP contribution in [0.1, 0.15) is 18.4 Å². The Kier molecular flexibility index (Phi) is 5.94. The van der Waals surface area contributed by atoms with Crippen LogP contribution in [0.4, 0.5) is 10.5 Å². The second-order valence-corrected chi connectivity index (χ2v) is 7.92. The zero-order valence-electron chi connectivity index (χ0n) is 14.4. The molecule has 25 heavy (non-hydrogen) atoms. The highest BCUT2D eigenvalue weighted by Crippen LogP contribution is 2.23. The van der Waals surface area contributed by atoms with Gasteiger partial charge in [-0.25, -0.2) is 4.79 Å². The van der Waals surface area contributed by atoms with Crippen LogP contribution in [0, 0.1) is 12.8 Å². The number of anilines is 1. The molecule has 2 heterocycles. The fourth-order valence-corrected chi connectivity index (χ4v) is 4.33. The van der Waals surface area contributed by atoms with Crippen molar-refractivity contribution < 1.29 is 9.35 Å². The van der Waals surface area contributed by atoms with Crippen molar-refractivity contribution in [3.8, 4) is 0 Å². The zero-order valence-corrected chi connectivity index (χ0v) is 15.2. The number of hydrogen-bond acceptors (Lipinski definition) is 3. The van der Waals surface area contributed by atoms with Crippen molar-refractivity contribution in [2.24, 2.45) is 5.92 Å². The van der Waals surface area contributed by atoms with Crippen LogP contribution in [0.15, 0.2) is 53.7 Å². The minimum atomic E-state index is -0.969. The summed E-state index contributed by atoms with van der Waals surface area (Å²) in [5.74, 6) is 1.06. The van der Waals surface area contributed by atoms with Crippen LogP contribution in [0.25, 0.3) is 0 Å². The Bertz CT molecular complexity index is 686. The van der Waals surface area contributed by atoms with Gasteiger partial charge in [-0.15, -0.1) is 0 Å². The van der Waals surface area contributed by atoms with E-state index in [1.165, 1.54) is 5.56 Å². The van der Waals surface area contributed by atoms with E-state index in [0.29, 0.717) is 24.8 Å². The van der Waals surface area contributed by atoms with E-state index in [4.69, 9.17) is 0 Å². The Labute approximate surface area is 151 Å². The summed E-state index contributed by atoms with van der Waals surface area (Å²) in [6.45, 7) is 3.43. The van der Waals surface area contributed by atoms with Crippen molar-refractivity contribution >= 4 is 22.9 Å². The third-order valence-corrected chi connectivity index (χ3v) is 6.08. The molecule has 1 aromatic carbocycles. The Morgan fingerprint density at radius 2 is 1.84 bits per heavy atom. The lowest BCUT2D eigenvalue weighted by molar-refractivity contribution is 0.187. The van der Waals surface area contributed by atoms with Crippen LogP contribution >= 0.6 is 0 Å². The van der Waals surface area contributed by atoms with Crippen LogP contribution in [0.5, 0.6) is 0 Å². The van der Waals surface area contributed by atoms with Crippen molar-refractivity contribution in [3.05, 3.63) is 54.4 Å². The second-order valence-electron chi connectivity index (χ2n) is 6.42. The van der Waals surface area contributed by atoms with Gasteiger partial charge in [-0.3, -0.25) is 4.98 Å². The topological polar surface area (TPSA) is 68.3 Å². The number of nitrogens with zero attached hydrogens (tertiary/aromatic N) is 2. The van der Waals surface area contributed by atoms with Gasteiger partial charge in [0.05, 0.1) is 0 Å². The number of likely N-dealkylation sites (tertiary alicyclic amines) is 1. The molecule has 0 saturated carbocycles. The smallest absolute Gasteiger partial charge is 0.321 e. The summed E-state index contributed by atoms with van der Waals surface area (Å²) in [6.07, 6.45) is 5.09. The lowest BCUT2D eigenvalue weighted by Crippen LogP contribution is -2.42. The molecule has 1 aliphatic heterocycles. The molecule has 0 aliphatic carbocycles. The molecule has 1 saturated heterocycles. The largest absolute Gasteiger partial charge is 0.611 e. The van der Waals surface area contributed by atoms with Crippen LogP contribution < -0.4 is 5.32 Å². The van der Waals surface area contributed by atoms with E-state index in [1.54, 1.807) is 24.5 Å². The van der Waals surface area contributed by atoms with E-state index in [1.807, 2.05) is 36.1 Å². The predicted molar refractivity (Wildman–Crippen MR) is 100 cm³/mol. The minimum absolute atomic E-state index is 0.0793.